The van der Waals surface area contributed by atoms with Crippen LogP contribution in [0.5, 0.6) is 5.75 Å². The molecule has 10 heteroatoms. The van der Waals surface area contributed by atoms with Crippen LogP contribution in [0.1, 0.15) is 5.56 Å². The highest BCUT2D eigenvalue weighted by molar-refractivity contribution is 14.0. The first kappa shape index (κ1) is 21.8. The molecule has 0 unspecified atom stereocenters. The lowest BCUT2D eigenvalue weighted by Crippen LogP contribution is -2.40. The number of nitrogens with zero attached hydrogens (tertiary/aromatic N) is 1. The van der Waals surface area contributed by atoms with Gasteiger partial charge in [-0.1, -0.05) is 18.1 Å². The Balaban J connectivity index is 0.00000529. The predicted octanol–water partition coefficient (Wildman–Crippen LogP) is 1.36. The fourth-order valence-corrected chi connectivity index (χ4v) is 1.41. The van der Waals surface area contributed by atoms with E-state index in [0.29, 0.717) is 5.56 Å². The molecule has 132 valence electrons. The summed E-state index contributed by atoms with van der Waals surface area (Å²) in [6, 6.07) is 5.21. The van der Waals surface area contributed by atoms with E-state index in [1.165, 1.54) is 24.3 Å². The van der Waals surface area contributed by atoms with Crippen molar-refractivity contribution in [2.75, 3.05) is 13.1 Å². The summed E-state index contributed by atoms with van der Waals surface area (Å²) in [7, 11) is 0. The third-order valence-corrected chi connectivity index (χ3v) is 2.41. The molecule has 0 bridgehead atoms. The van der Waals surface area contributed by atoms with Crippen molar-refractivity contribution in [3.8, 4) is 18.1 Å². The van der Waals surface area contributed by atoms with E-state index in [9.17, 15) is 18.0 Å². The number of guanidine groups is 1. The van der Waals surface area contributed by atoms with Crippen LogP contribution in [0.3, 0.4) is 0 Å². The Labute approximate surface area is 154 Å². The van der Waals surface area contributed by atoms with Gasteiger partial charge in [0, 0.05) is 0 Å². The van der Waals surface area contributed by atoms with Crippen LogP contribution in [0.25, 0.3) is 0 Å². The lowest BCUT2D eigenvalue weighted by Gasteiger charge is -2.09. The van der Waals surface area contributed by atoms with Gasteiger partial charge in [-0.3, -0.25) is 4.79 Å². The summed E-state index contributed by atoms with van der Waals surface area (Å²) < 4.78 is 39.8. The number of aliphatic imine (C=N–C) groups is 1. The van der Waals surface area contributed by atoms with E-state index in [-0.39, 0.29) is 61.2 Å². The van der Waals surface area contributed by atoms with Gasteiger partial charge in [0.15, 0.2) is 5.96 Å². The molecule has 0 aliphatic heterocycles. The van der Waals surface area contributed by atoms with Gasteiger partial charge in [0.25, 0.3) is 0 Å². The summed E-state index contributed by atoms with van der Waals surface area (Å²) in [5, 5.41) is 5.01. The van der Waals surface area contributed by atoms with E-state index in [1.807, 2.05) is 0 Å². The molecule has 0 heterocycles. The van der Waals surface area contributed by atoms with Gasteiger partial charge in [-0.15, -0.1) is 43.6 Å². The van der Waals surface area contributed by atoms with Gasteiger partial charge in [-0.2, -0.15) is 0 Å². The molecular formula is C14H16F3IN4O2. The molecule has 0 aromatic heterocycles. The molecule has 1 aromatic carbocycles. The summed E-state index contributed by atoms with van der Waals surface area (Å²) in [5.74, 6) is 1.62. The van der Waals surface area contributed by atoms with Gasteiger partial charge < -0.3 is 21.1 Å². The molecule has 0 saturated carbocycles. The monoisotopic (exact) mass is 456 g/mol. The number of terminal acetylenes is 1. The van der Waals surface area contributed by atoms with Gasteiger partial charge >= 0.3 is 6.36 Å². The van der Waals surface area contributed by atoms with Gasteiger partial charge in [0.05, 0.1) is 19.6 Å². The summed E-state index contributed by atoms with van der Waals surface area (Å²) in [6.45, 7) is 0.163. The lowest BCUT2D eigenvalue weighted by atomic mass is 10.2. The quantitative estimate of drug-likeness (QED) is 0.261. The predicted molar refractivity (Wildman–Crippen MR) is 93.7 cm³/mol. The molecule has 0 aliphatic carbocycles. The summed E-state index contributed by atoms with van der Waals surface area (Å²) in [6.07, 6.45) is 0.256. The number of nitrogens with one attached hydrogen (secondary N) is 2. The molecule has 1 amide bonds. The average molecular weight is 456 g/mol. The summed E-state index contributed by atoms with van der Waals surface area (Å²) in [5.41, 5.74) is 6.18. The zero-order chi connectivity index (χ0) is 17.3. The Morgan fingerprint density at radius 1 is 1.29 bits per heavy atom. The first-order valence-electron chi connectivity index (χ1n) is 6.39. The van der Waals surface area contributed by atoms with E-state index in [4.69, 9.17) is 12.2 Å². The molecule has 24 heavy (non-hydrogen) atoms. The number of hydrogen-bond acceptors (Lipinski definition) is 3. The van der Waals surface area contributed by atoms with Crippen molar-refractivity contribution in [1.82, 2.24) is 10.6 Å². The van der Waals surface area contributed by atoms with Crippen molar-refractivity contribution >= 4 is 35.8 Å². The number of rotatable bonds is 6. The highest BCUT2D eigenvalue weighted by atomic mass is 127. The maximum absolute atomic E-state index is 12.0. The van der Waals surface area contributed by atoms with Crippen molar-refractivity contribution in [2.24, 2.45) is 10.7 Å². The Morgan fingerprint density at radius 2 is 1.92 bits per heavy atom. The zero-order valence-electron chi connectivity index (χ0n) is 12.4. The molecule has 1 rings (SSSR count). The van der Waals surface area contributed by atoms with Crippen molar-refractivity contribution < 1.29 is 22.7 Å². The van der Waals surface area contributed by atoms with Crippen molar-refractivity contribution in [3.63, 3.8) is 0 Å². The number of benzene rings is 1. The number of ether oxygens (including phenoxy) is 1. The molecule has 0 fully saturated rings. The van der Waals surface area contributed by atoms with E-state index in [2.05, 4.69) is 26.3 Å². The highest BCUT2D eigenvalue weighted by Gasteiger charge is 2.30. The van der Waals surface area contributed by atoms with Crippen LogP contribution >= 0.6 is 24.0 Å². The molecule has 4 N–H and O–H groups in total. The fourth-order valence-electron chi connectivity index (χ4n) is 1.41. The maximum atomic E-state index is 12.0. The van der Waals surface area contributed by atoms with Crippen LogP contribution in [0.15, 0.2) is 29.3 Å². The maximum Gasteiger partial charge on any atom is 0.573 e. The standard InChI is InChI=1S/C14H15F3N4O2.HI/c1-2-7-19-12(22)9-21-13(18)20-8-10-3-5-11(6-4-10)23-14(15,16)17;/h1,3-6H,7-9H2,(H,19,22)(H3,18,20,21);1H. The van der Waals surface area contributed by atoms with Crippen LogP contribution < -0.4 is 21.1 Å². The highest BCUT2D eigenvalue weighted by Crippen LogP contribution is 2.22. The molecule has 0 atom stereocenters. The van der Waals surface area contributed by atoms with Crippen LogP contribution in [-0.2, 0) is 11.3 Å². The number of carbonyl (C=O) groups is 1. The van der Waals surface area contributed by atoms with Crippen molar-refractivity contribution in [1.29, 1.82) is 0 Å². The van der Waals surface area contributed by atoms with Crippen molar-refractivity contribution in [3.05, 3.63) is 29.8 Å². The number of hydrogen-bond donors (Lipinski definition) is 3. The third-order valence-electron chi connectivity index (χ3n) is 2.41. The number of halogens is 4. The van der Waals surface area contributed by atoms with Gasteiger partial charge in [0.1, 0.15) is 5.75 Å². The summed E-state index contributed by atoms with van der Waals surface area (Å²) in [4.78, 5) is 15.2. The number of carbonyl (C=O) groups excluding carboxylic acids is 1. The smallest absolute Gasteiger partial charge is 0.406 e. The number of nitrogens with two attached hydrogens (primary N) is 1. The fraction of sp³-hybridized carbons (Fsp3) is 0.286. The minimum atomic E-state index is -4.73. The Morgan fingerprint density at radius 3 is 2.46 bits per heavy atom. The zero-order valence-corrected chi connectivity index (χ0v) is 14.7. The summed E-state index contributed by atoms with van der Waals surface area (Å²) >= 11 is 0. The first-order valence-corrected chi connectivity index (χ1v) is 6.39. The van der Waals surface area contributed by atoms with Gasteiger partial charge in [0.2, 0.25) is 5.91 Å². The SMILES string of the molecule is C#CCNC(=O)CNC(N)=NCc1ccc(OC(F)(F)F)cc1.I. The van der Waals surface area contributed by atoms with E-state index in [0.717, 1.165) is 0 Å². The van der Waals surface area contributed by atoms with Crippen LogP contribution in [-0.4, -0.2) is 31.3 Å². The molecule has 1 aromatic rings. The van der Waals surface area contributed by atoms with Crippen LogP contribution in [0.4, 0.5) is 13.2 Å². The lowest BCUT2D eigenvalue weighted by molar-refractivity contribution is -0.274. The van der Waals surface area contributed by atoms with Crippen LogP contribution in [0, 0.1) is 12.3 Å². The Kier molecular flexibility index (Phi) is 9.63. The molecule has 0 radical (unpaired) electrons. The largest absolute Gasteiger partial charge is 0.573 e. The molecule has 0 spiro atoms. The topological polar surface area (TPSA) is 88.7 Å². The van der Waals surface area contributed by atoms with E-state index >= 15 is 0 Å². The second-order valence-corrected chi connectivity index (χ2v) is 4.23. The minimum Gasteiger partial charge on any atom is -0.406 e. The number of alkyl halides is 3. The minimum absolute atomic E-state index is 0. The molecule has 0 saturated heterocycles. The Bertz CT molecular complexity index is 598. The molecular weight excluding hydrogens is 440 g/mol. The average Bonchev–Trinajstić information content (AvgIpc) is 2.48. The second-order valence-electron chi connectivity index (χ2n) is 4.23. The normalized spacial score (nSPS) is 11.0. The van der Waals surface area contributed by atoms with Crippen LogP contribution in [0.2, 0.25) is 0 Å². The van der Waals surface area contributed by atoms with Crippen molar-refractivity contribution in [2.45, 2.75) is 12.9 Å². The van der Waals surface area contributed by atoms with E-state index in [1.54, 1.807) is 0 Å². The molecule has 0 aliphatic rings. The second kappa shape index (κ2) is 10.6. The van der Waals surface area contributed by atoms with Gasteiger partial charge in [-0.25, -0.2) is 4.99 Å². The Hall–Kier alpha value is -2.16. The van der Waals surface area contributed by atoms with Gasteiger partial charge in [-0.05, 0) is 17.7 Å². The third kappa shape index (κ3) is 9.78. The first-order chi connectivity index (χ1) is 10.8. The molecule has 6 nitrogen and oxygen atoms in total. The van der Waals surface area contributed by atoms with E-state index < -0.39 is 6.36 Å². The number of amides is 1.